The van der Waals surface area contributed by atoms with Crippen LogP contribution in [0.15, 0.2) is 0 Å². The van der Waals surface area contributed by atoms with Crippen molar-refractivity contribution in [2.45, 2.75) is 57.5 Å². The van der Waals surface area contributed by atoms with Gasteiger partial charge in [-0.3, -0.25) is 4.79 Å². The maximum absolute atomic E-state index is 12.2. The van der Waals surface area contributed by atoms with Gasteiger partial charge >= 0.3 is 18.0 Å². The summed E-state index contributed by atoms with van der Waals surface area (Å²) in [6, 6.07) is -1.77. The summed E-state index contributed by atoms with van der Waals surface area (Å²) in [6.07, 6.45) is 4.09. The van der Waals surface area contributed by atoms with Crippen LogP contribution in [0.5, 0.6) is 0 Å². The number of urea groups is 1. The fourth-order valence-electron chi connectivity index (χ4n) is 2.48. The zero-order chi connectivity index (χ0) is 15.1. The predicted molar refractivity (Wildman–Crippen MR) is 71.5 cm³/mol. The zero-order valence-electron chi connectivity index (χ0n) is 11.7. The summed E-state index contributed by atoms with van der Waals surface area (Å²) < 4.78 is 0. The fraction of sp³-hybridized carbons (Fsp3) is 0.769. The number of aliphatic carboxylic acids is 2. The molecule has 0 saturated carbocycles. The van der Waals surface area contributed by atoms with Gasteiger partial charge in [0, 0.05) is 12.6 Å². The molecule has 1 saturated heterocycles. The predicted octanol–water partition coefficient (Wildman–Crippen LogP) is 1.28. The van der Waals surface area contributed by atoms with Crippen LogP contribution in [-0.2, 0) is 9.59 Å². The average molecular weight is 286 g/mol. The van der Waals surface area contributed by atoms with E-state index >= 15 is 0 Å². The van der Waals surface area contributed by atoms with Crippen molar-refractivity contribution in [3.05, 3.63) is 0 Å². The number of carbonyl (C=O) groups excluding carboxylic acids is 1. The van der Waals surface area contributed by atoms with Crippen LogP contribution in [0, 0.1) is 0 Å². The molecule has 1 fully saturated rings. The van der Waals surface area contributed by atoms with Crippen LogP contribution >= 0.6 is 0 Å². The first-order valence-corrected chi connectivity index (χ1v) is 6.97. The van der Waals surface area contributed by atoms with Gasteiger partial charge in [0.1, 0.15) is 6.04 Å². The van der Waals surface area contributed by atoms with E-state index in [1.165, 1.54) is 0 Å². The first-order chi connectivity index (χ1) is 9.45. The fourth-order valence-corrected chi connectivity index (χ4v) is 2.48. The molecule has 114 valence electrons. The number of carbonyl (C=O) groups is 3. The highest BCUT2D eigenvalue weighted by atomic mass is 16.4. The Morgan fingerprint density at radius 1 is 1.25 bits per heavy atom. The Morgan fingerprint density at radius 2 is 1.95 bits per heavy atom. The molecule has 0 aromatic carbocycles. The Bertz CT molecular complexity index is 372. The summed E-state index contributed by atoms with van der Waals surface area (Å²) in [7, 11) is 0. The lowest BCUT2D eigenvalue weighted by Gasteiger charge is -2.30. The molecule has 2 atom stereocenters. The molecule has 3 N–H and O–H groups in total. The van der Waals surface area contributed by atoms with Gasteiger partial charge in [0.05, 0.1) is 6.42 Å². The standard InChI is InChI=1S/C13H22N2O5/c1-2-9-6-4-3-5-7-15(9)13(20)14-10(12(18)19)8-11(16)17/h9-10H,2-8H2,1H3,(H,14,20)(H,16,17)(H,18,19)/t9?,10-/m1/s1. The van der Waals surface area contributed by atoms with Crippen molar-refractivity contribution in [2.24, 2.45) is 0 Å². The van der Waals surface area contributed by atoms with Crippen LogP contribution in [0.2, 0.25) is 0 Å². The molecule has 1 unspecified atom stereocenters. The van der Waals surface area contributed by atoms with Crippen molar-refractivity contribution < 1.29 is 24.6 Å². The van der Waals surface area contributed by atoms with Crippen molar-refractivity contribution in [1.82, 2.24) is 10.2 Å². The molecule has 7 nitrogen and oxygen atoms in total. The minimum Gasteiger partial charge on any atom is -0.481 e. The van der Waals surface area contributed by atoms with E-state index in [2.05, 4.69) is 5.32 Å². The molecule has 0 bridgehead atoms. The van der Waals surface area contributed by atoms with E-state index in [1.54, 1.807) is 4.90 Å². The van der Waals surface area contributed by atoms with Crippen LogP contribution in [0.25, 0.3) is 0 Å². The average Bonchev–Trinajstić information content (AvgIpc) is 2.62. The van der Waals surface area contributed by atoms with Crippen LogP contribution in [0.4, 0.5) is 4.79 Å². The largest absolute Gasteiger partial charge is 0.481 e. The lowest BCUT2D eigenvalue weighted by molar-refractivity contribution is -0.145. The summed E-state index contributed by atoms with van der Waals surface area (Å²) in [6.45, 7) is 2.58. The summed E-state index contributed by atoms with van der Waals surface area (Å²) in [5.74, 6) is -2.58. The Hall–Kier alpha value is -1.79. The number of likely N-dealkylation sites (tertiary alicyclic amines) is 1. The van der Waals surface area contributed by atoms with E-state index in [4.69, 9.17) is 10.2 Å². The van der Waals surface area contributed by atoms with Gasteiger partial charge in [-0.2, -0.15) is 0 Å². The summed E-state index contributed by atoms with van der Waals surface area (Å²) in [5, 5.41) is 19.9. The number of hydrogen-bond donors (Lipinski definition) is 3. The Balaban J connectivity index is 2.70. The number of nitrogens with zero attached hydrogens (tertiary/aromatic N) is 1. The summed E-state index contributed by atoms with van der Waals surface area (Å²) >= 11 is 0. The number of carboxylic acids is 2. The molecule has 7 heteroatoms. The van der Waals surface area contributed by atoms with Crippen LogP contribution < -0.4 is 5.32 Å². The number of rotatable bonds is 5. The van der Waals surface area contributed by atoms with Gasteiger partial charge in [-0.05, 0) is 19.3 Å². The molecule has 20 heavy (non-hydrogen) atoms. The second-order valence-corrected chi connectivity index (χ2v) is 5.04. The molecule has 0 aromatic rings. The number of carboxylic acid groups (broad SMARTS) is 2. The van der Waals surface area contributed by atoms with Crippen molar-refractivity contribution in [3.8, 4) is 0 Å². The molecule has 0 spiro atoms. The number of hydrogen-bond acceptors (Lipinski definition) is 3. The van der Waals surface area contributed by atoms with Gasteiger partial charge in [-0.25, -0.2) is 9.59 Å². The molecule has 1 rings (SSSR count). The zero-order valence-corrected chi connectivity index (χ0v) is 11.7. The topological polar surface area (TPSA) is 107 Å². The number of amides is 2. The molecule has 0 radical (unpaired) electrons. The van der Waals surface area contributed by atoms with Gasteiger partial charge in [0.2, 0.25) is 0 Å². The van der Waals surface area contributed by atoms with Crippen LogP contribution in [-0.4, -0.2) is 51.7 Å². The van der Waals surface area contributed by atoms with E-state index in [0.717, 1.165) is 32.1 Å². The smallest absolute Gasteiger partial charge is 0.326 e. The minimum absolute atomic E-state index is 0.0942. The molecule has 0 aliphatic carbocycles. The van der Waals surface area contributed by atoms with Crippen molar-refractivity contribution in [1.29, 1.82) is 0 Å². The molecule has 0 aromatic heterocycles. The highest BCUT2D eigenvalue weighted by Gasteiger charge is 2.29. The van der Waals surface area contributed by atoms with E-state index < -0.39 is 30.4 Å². The van der Waals surface area contributed by atoms with Crippen molar-refractivity contribution in [3.63, 3.8) is 0 Å². The lowest BCUT2D eigenvalue weighted by atomic mass is 10.1. The molecule has 2 amide bonds. The molecule has 1 aliphatic rings. The van der Waals surface area contributed by atoms with Crippen molar-refractivity contribution in [2.75, 3.05) is 6.54 Å². The van der Waals surface area contributed by atoms with E-state index in [-0.39, 0.29) is 6.04 Å². The second-order valence-electron chi connectivity index (χ2n) is 5.04. The molecule has 1 heterocycles. The number of nitrogens with one attached hydrogen (secondary N) is 1. The maximum Gasteiger partial charge on any atom is 0.326 e. The van der Waals surface area contributed by atoms with Gasteiger partial charge < -0.3 is 20.4 Å². The quantitative estimate of drug-likeness (QED) is 0.705. The van der Waals surface area contributed by atoms with Crippen molar-refractivity contribution >= 4 is 18.0 Å². The van der Waals surface area contributed by atoms with E-state index in [1.807, 2.05) is 6.92 Å². The Labute approximate surface area is 117 Å². The van der Waals surface area contributed by atoms with Gasteiger partial charge in [-0.15, -0.1) is 0 Å². The normalized spacial score (nSPS) is 20.9. The lowest BCUT2D eigenvalue weighted by Crippen LogP contribution is -2.51. The second kappa shape index (κ2) is 7.72. The highest BCUT2D eigenvalue weighted by Crippen LogP contribution is 2.19. The third kappa shape index (κ3) is 4.71. The summed E-state index contributed by atoms with van der Waals surface area (Å²) in [5.41, 5.74) is 0. The SMILES string of the molecule is CCC1CCCCCN1C(=O)N[C@H](CC(=O)O)C(=O)O. The molecular formula is C13H22N2O5. The first kappa shape index (κ1) is 16.3. The molecular weight excluding hydrogens is 264 g/mol. The first-order valence-electron chi connectivity index (χ1n) is 6.97. The summed E-state index contributed by atoms with van der Waals surface area (Å²) in [4.78, 5) is 35.4. The highest BCUT2D eigenvalue weighted by molar-refractivity contribution is 5.86. The van der Waals surface area contributed by atoms with Crippen LogP contribution in [0.3, 0.4) is 0 Å². The third-order valence-corrected chi connectivity index (χ3v) is 3.58. The van der Waals surface area contributed by atoms with E-state index in [0.29, 0.717) is 6.54 Å². The molecule has 1 aliphatic heterocycles. The van der Waals surface area contributed by atoms with Gasteiger partial charge in [0.15, 0.2) is 0 Å². The van der Waals surface area contributed by atoms with Gasteiger partial charge in [-0.1, -0.05) is 19.8 Å². The van der Waals surface area contributed by atoms with Crippen LogP contribution in [0.1, 0.15) is 45.4 Å². The monoisotopic (exact) mass is 286 g/mol. The Kier molecular flexibility index (Phi) is 6.27. The minimum atomic E-state index is -1.39. The third-order valence-electron chi connectivity index (χ3n) is 3.58. The Morgan fingerprint density at radius 3 is 2.50 bits per heavy atom. The van der Waals surface area contributed by atoms with E-state index in [9.17, 15) is 14.4 Å². The maximum atomic E-state index is 12.2. The van der Waals surface area contributed by atoms with Gasteiger partial charge in [0.25, 0.3) is 0 Å².